The van der Waals surface area contributed by atoms with Crippen molar-refractivity contribution in [1.82, 2.24) is 0 Å². The van der Waals surface area contributed by atoms with E-state index in [-0.39, 0.29) is 22.5 Å². The summed E-state index contributed by atoms with van der Waals surface area (Å²) in [6.07, 6.45) is 3.44. The van der Waals surface area contributed by atoms with Crippen LogP contribution < -0.4 is 26.3 Å². The molecule has 2 aromatic rings. The van der Waals surface area contributed by atoms with Gasteiger partial charge < -0.3 is 26.8 Å². The molecule has 2 rings (SSSR count). The standard InChI is InChI=1S/C14H13NO3.BrH/c1-18-13-7-3-2-5-11(13)9-15-8-4-6-12(10-15)14(16)17;/h2-8,10H,9H2,1H3;1H. The molecule has 0 unspecified atom stereocenters. The van der Waals surface area contributed by atoms with Gasteiger partial charge in [-0.2, -0.15) is 4.57 Å². The number of para-hydroxylation sites is 1. The van der Waals surface area contributed by atoms with Crippen molar-refractivity contribution in [2.45, 2.75) is 6.54 Å². The molecule has 1 heterocycles. The van der Waals surface area contributed by atoms with Gasteiger partial charge in [0, 0.05) is 6.07 Å². The average molecular weight is 324 g/mol. The average Bonchev–Trinajstić information content (AvgIpc) is 2.39. The van der Waals surface area contributed by atoms with Gasteiger partial charge in [-0.15, -0.1) is 0 Å². The minimum Gasteiger partial charge on any atom is -1.00 e. The van der Waals surface area contributed by atoms with Gasteiger partial charge in [-0.1, -0.05) is 12.1 Å². The number of carbonyl (C=O) groups is 1. The van der Waals surface area contributed by atoms with E-state index in [0.717, 1.165) is 11.3 Å². The number of hydrogen-bond donors (Lipinski definition) is 1. The van der Waals surface area contributed by atoms with E-state index in [0.29, 0.717) is 6.54 Å². The summed E-state index contributed by atoms with van der Waals surface area (Å²) in [5.41, 5.74) is 1.28. The number of carboxylic acids is 1. The van der Waals surface area contributed by atoms with Gasteiger partial charge in [0.2, 0.25) is 0 Å². The third-order valence-electron chi connectivity index (χ3n) is 2.65. The van der Waals surface area contributed by atoms with E-state index in [1.165, 1.54) is 0 Å². The fourth-order valence-corrected chi connectivity index (χ4v) is 1.78. The van der Waals surface area contributed by atoms with Gasteiger partial charge in [0.1, 0.15) is 11.3 Å². The Morgan fingerprint density at radius 2 is 2.00 bits per heavy atom. The first-order valence-corrected chi connectivity index (χ1v) is 5.55. The molecule has 1 N–H and O–H groups in total. The summed E-state index contributed by atoms with van der Waals surface area (Å²) in [4.78, 5) is 10.9. The minimum atomic E-state index is -0.927. The summed E-state index contributed by atoms with van der Waals surface area (Å²) >= 11 is 0. The van der Waals surface area contributed by atoms with Crippen LogP contribution in [0.5, 0.6) is 5.75 Å². The van der Waals surface area contributed by atoms with E-state index >= 15 is 0 Å². The van der Waals surface area contributed by atoms with E-state index in [1.54, 1.807) is 25.4 Å². The largest absolute Gasteiger partial charge is 1.00 e. The van der Waals surface area contributed by atoms with Crippen LogP contribution in [0.1, 0.15) is 15.9 Å². The summed E-state index contributed by atoms with van der Waals surface area (Å²) in [5.74, 6) is -0.130. The summed E-state index contributed by atoms with van der Waals surface area (Å²) in [6, 6.07) is 11.0. The van der Waals surface area contributed by atoms with E-state index in [2.05, 4.69) is 0 Å². The number of hydrogen-bond acceptors (Lipinski definition) is 2. The van der Waals surface area contributed by atoms with Crippen molar-refractivity contribution in [3.63, 3.8) is 0 Å². The number of nitrogens with zero attached hydrogens (tertiary/aromatic N) is 1. The second kappa shape index (κ2) is 6.89. The second-order valence-electron chi connectivity index (χ2n) is 3.88. The zero-order valence-electron chi connectivity index (χ0n) is 10.4. The summed E-state index contributed by atoms with van der Waals surface area (Å²) < 4.78 is 7.09. The zero-order chi connectivity index (χ0) is 13.0. The first-order chi connectivity index (χ1) is 8.70. The van der Waals surface area contributed by atoms with E-state index in [1.807, 2.05) is 35.0 Å². The Hall–Kier alpha value is -1.88. The Morgan fingerprint density at radius 1 is 1.26 bits per heavy atom. The fourth-order valence-electron chi connectivity index (χ4n) is 1.78. The normalized spacial score (nSPS) is 9.53. The lowest BCUT2D eigenvalue weighted by Crippen LogP contribution is -3.00. The number of ether oxygens (including phenoxy) is 1. The Bertz CT molecular complexity index is 572. The number of methoxy groups -OCH3 is 1. The van der Waals surface area contributed by atoms with Crippen LogP contribution in [0, 0.1) is 0 Å². The van der Waals surface area contributed by atoms with Gasteiger partial charge in [-0.05, 0) is 18.2 Å². The highest BCUT2D eigenvalue weighted by atomic mass is 79.9. The molecule has 0 amide bonds. The molecule has 1 aromatic heterocycles. The van der Waals surface area contributed by atoms with Gasteiger partial charge in [-0.25, -0.2) is 4.79 Å². The maximum atomic E-state index is 10.9. The van der Waals surface area contributed by atoms with Gasteiger partial charge >= 0.3 is 5.97 Å². The number of rotatable bonds is 4. The molecule has 19 heavy (non-hydrogen) atoms. The van der Waals surface area contributed by atoms with Crippen molar-refractivity contribution in [2.75, 3.05) is 7.11 Å². The highest BCUT2D eigenvalue weighted by Gasteiger charge is 2.11. The molecule has 0 saturated heterocycles. The number of carboxylic acid groups (broad SMARTS) is 1. The highest BCUT2D eigenvalue weighted by Crippen LogP contribution is 2.16. The van der Waals surface area contributed by atoms with Crippen molar-refractivity contribution in [1.29, 1.82) is 0 Å². The van der Waals surface area contributed by atoms with E-state index in [9.17, 15) is 4.79 Å². The number of halogens is 1. The van der Waals surface area contributed by atoms with Crippen molar-refractivity contribution in [2.24, 2.45) is 0 Å². The fraction of sp³-hybridized carbons (Fsp3) is 0.143. The van der Waals surface area contributed by atoms with Crippen LogP contribution in [-0.2, 0) is 6.54 Å². The lowest BCUT2D eigenvalue weighted by molar-refractivity contribution is -0.688. The second-order valence-corrected chi connectivity index (χ2v) is 3.88. The summed E-state index contributed by atoms with van der Waals surface area (Å²) in [6.45, 7) is 0.575. The SMILES string of the molecule is COc1ccccc1C[n+]1cccc(C(=O)O)c1.[Br-]. The molecular formula is C14H14BrNO3. The van der Waals surface area contributed by atoms with Gasteiger partial charge in [-0.3, -0.25) is 0 Å². The third-order valence-corrected chi connectivity index (χ3v) is 2.65. The van der Waals surface area contributed by atoms with Crippen LogP contribution in [0.25, 0.3) is 0 Å². The van der Waals surface area contributed by atoms with Crippen molar-refractivity contribution >= 4 is 5.97 Å². The molecule has 100 valence electrons. The van der Waals surface area contributed by atoms with Crippen molar-refractivity contribution in [3.05, 3.63) is 59.9 Å². The number of benzene rings is 1. The topological polar surface area (TPSA) is 50.4 Å². The smallest absolute Gasteiger partial charge is 0.341 e. The van der Waals surface area contributed by atoms with Crippen LogP contribution in [0.3, 0.4) is 0 Å². The monoisotopic (exact) mass is 323 g/mol. The van der Waals surface area contributed by atoms with E-state index < -0.39 is 5.97 Å². The minimum absolute atomic E-state index is 0. The first-order valence-electron chi connectivity index (χ1n) is 5.55. The van der Waals surface area contributed by atoms with Crippen LogP contribution in [0.4, 0.5) is 0 Å². The van der Waals surface area contributed by atoms with Crippen molar-refractivity contribution < 1.29 is 36.2 Å². The Labute approximate surface area is 122 Å². The van der Waals surface area contributed by atoms with Gasteiger partial charge in [0.15, 0.2) is 18.9 Å². The van der Waals surface area contributed by atoms with Crippen LogP contribution in [0.2, 0.25) is 0 Å². The van der Waals surface area contributed by atoms with Crippen LogP contribution in [0.15, 0.2) is 48.8 Å². The predicted molar refractivity (Wildman–Crippen MR) is 65.7 cm³/mol. The number of pyridine rings is 1. The Morgan fingerprint density at radius 3 is 2.68 bits per heavy atom. The molecule has 5 heteroatoms. The lowest BCUT2D eigenvalue weighted by Gasteiger charge is -2.05. The van der Waals surface area contributed by atoms with Crippen LogP contribution >= 0.6 is 0 Å². The molecule has 0 radical (unpaired) electrons. The molecular weight excluding hydrogens is 310 g/mol. The lowest BCUT2D eigenvalue weighted by atomic mass is 10.2. The Kier molecular flexibility index (Phi) is 5.51. The van der Waals surface area contributed by atoms with Gasteiger partial charge in [0.25, 0.3) is 0 Å². The maximum absolute atomic E-state index is 10.9. The van der Waals surface area contributed by atoms with Crippen molar-refractivity contribution in [3.8, 4) is 5.75 Å². The molecule has 0 spiro atoms. The van der Waals surface area contributed by atoms with Gasteiger partial charge in [0.05, 0.1) is 12.7 Å². The molecule has 1 aromatic carbocycles. The number of aromatic carboxylic acids is 1. The molecule has 0 saturated carbocycles. The molecule has 0 aliphatic rings. The summed E-state index contributed by atoms with van der Waals surface area (Å²) in [7, 11) is 1.62. The Balaban J connectivity index is 0.00000180. The highest BCUT2D eigenvalue weighted by molar-refractivity contribution is 5.86. The van der Waals surface area contributed by atoms with E-state index in [4.69, 9.17) is 9.84 Å². The summed E-state index contributed by atoms with van der Waals surface area (Å²) in [5, 5.41) is 8.94. The molecule has 0 fully saturated rings. The quantitative estimate of drug-likeness (QED) is 0.714. The molecule has 0 aliphatic carbocycles. The molecule has 4 nitrogen and oxygen atoms in total. The first kappa shape index (κ1) is 15.2. The molecule has 0 aliphatic heterocycles. The number of aromatic nitrogens is 1. The molecule has 0 atom stereocenters. The zero-order valence-corrected chi connectivity index (χ0v) is 12.0. The maximum Gasteiger partial charge on any atom is 0.341 e. The van der Waals surface area contributed by atoms with Crippen LogP contribution in [-0.4, -0.2) is 18.2 Å². The third kappa shape index (κ3) is 3.79. The molecule has 0 bridgehead atoms. The predicted octanol–water partition coefficient (Wildman–Crippen LogP) is -1.27.